The van der Waals surface area contributed by atoms with Crippen LogP contribution in [0.1, 0.15) is 39.7 Å². The zero-order valence-corrected chi connectivity index (χ0v) is 20.0. The molecule has 2 rings (SSSR count). The standard InChI is InChI=1S/C20H31ClN4O.HI/c1-14(2)18(26)25-11-10-17(12-25)24-19(22-5)23-13-20(3,4)15-6-8-16(21)9-7-15;/h6-9,14,17H,10-13H2,1-5H3,(H2,22,23,24);1H. The van der Waals surface area contributed by atoms with E-state index in [-0.39, 0.29) is 47.3 Å². The van der Waals surface area contributed by atoms with Crippen LogP contribution in [-0.4, -0.2) is 49.5 Å². The maximum atomic E-state index is 12.1. The third kappa shape index (κ3) is 6.82. The quantitative estimate of drug-likeness (QED) is 0.364. The lowest BCUT2D eigenvalue weighted by Crippen LogP contribution is -2.48. The number of hydrogen-bond donors (Lipinski definition) is 2. The molecule has 0 bridgehead atoms. The summed E-state index contributed by atoms with van der Waals surface area (Å²) in [6, 6.07) is 8.21. The van der Waals surface area contributed by atoms with Crippen molar-refractivity contribution >= 4 is 47.4 Å². The number of carbonyl (C=O) groups is 1. The van der Waals surface area contributed by atoms with Crippen molar-refractivity contribution in [3.8, 4) is 0 Å². The van der Waals surface area contributed by atoms with E-state index in [2.05, 4.69) is 41.6 Å². The molecule has 0 aromatic heterocycles. The number of carbonyl (C=O) groups excluding carboxylic acids is 1. The second-order valence-corrected chi connectivity index (χ2v) is 8.32. The number of halogens is 2. The summed E-state index contributed by atoms with van der Waals surface area (Å²) in [5.41, 5.74) is 1.16. The van der Waals surface area contributed by atoms with Gasteiger partial charge in [-0.25, -0.2) is 0 Å². The highest BCUT2D eigenvalue weighted by molar-refractivity contribution is 14.0. The van der Waals surface area contributed by atoms with Crippen molar-refractivity contribution in [2.45, 2.75) is 45.6 Å². The molecule has 2 N–H and O–H groups in total. The summed E-state index contributed by atoms with van der Waals surface area (Å²) >= 11 is 5.99. The average Bonchev–Trinajstić information content (AvgIpc) is 3.06. The van der Waals surface area contributed by atoms with Gasteiger partial charge in [0.15, 0.2) is 5.96 Å². The molecule has 0 radical (unpaired) electrons. The first kappa shape index (κ1) is 24.0. The van der Waals surface area contributed by atoms with E-state index in [9.17, 15) is 4.79 Å². The third-order valence-corrected chi connectivity index (χ3v) is 5.13. The number of aliphatic imine (C=N–C) groups is 1. The number of rotatable bonds is 5. The summed E-state index contributed by atoms with van der Waals surface area (Å²) in [5.74, 6) is 1.04. The van der Waals surface area contributed by atoms with Gasteiger partial charge in [-0.2, -0.15) is 0 Å². The Morgan fingerprint density at radius 1 is 1.33 bits per heavy atom. The molecule has 5 nitrogen and oxygen atoms in total. The lowest BCUT2D eigenvalue weighted by Gasteiger charge is -2.27. The molecule has 1 amide bonds. The fourth-order valence-electron chi connectivity index (χ4n) is 3.14. The molecular weight excluding hydrogens is 475 g/mol. The van der Waals surface area contributed by atoms with E-state index in [0.717, 1.165) is 37.0 Å². The van der Waals surface area contributed by atoms with Gasteiger partial charge in [-0.05, 0) is 24.1 Å². The van der Waals surface area contributed by atoms with E-state index >= 15 is 0 Å². The van der Waals surface area contributed by atoms with Gasteiger partial charge in [-0.1, -0.05) is 51.4 Å². The summed E-state index contributed by atoms with van der Waals surface area (Å²) < 4.78 is 0. The Morgan fingerprint density at radius 3 is 2.52 bits per heavy atom. The number of likely N-dealkylation sites (tertiary alicyclic amines) is 1. The number of guanidine groups is 1. The number of nitrogens with one attached hydrogen (secondary N) is 2. The first-order valence-electron chi connectivity index (χ1n) is 9.25. The van der Waals surface area contributed by atoms with Gasteiger partial charge in [-0.3, -0.25) is 9.79 Å². The highest BCUT2D eigenvalue weighted by Crippen LogP contribution is 2.23. The first-order chi connectivity index (χ1) is 12.2. The van der Waals surface area contributed by atoms with Crippen molar-refractivity contribution < 1.29 is 4.79 Å². The Morgan fingerprint density at radius 2 is 1.96 bits per heavy atom. The highest BCUT2D eigenvalue weighted by Gasteiger charge is 2.28. The summed E-state index contributed by atoms with van der Waals surface area (Å²) in [5, 5.41) is 7.61. The van der Waals surface area contributed by atoms with Crippen molar-refractivity contribution in [2.24, 2.45) is 10.9 Å². The van der Waals surface area contributed by atoms with Gasteiger partial charge in [0.05, 0.1) is 0 Å². The highest BCUT2D eigenvalue weighted by atomic mass is 127. The van der Waals surface area contributed by atoms with Crippen LogP contribution in [-0.2, 0) is 10.2 Å². The number of nitrogens with zero attached hydrogens (tertiary/aromatic N) is 2. The zero-order chi connectivity index (χ0) is 19.3. The van der Waals surface area contributed by atoms with E-state index in [0.29, 0.717) is 0 Å². The van der Waals surface area contributed by atoms with Gasteiger partial charge in [0.1, 0.15) is 0 Å². The fourth-order valence-corrected chi connectivity index (χ4v) is 3.27. The molecule has 1 heterocycles. The summed E-state index contributed by atoms with van der Waals surface area (Å²) in [7, 11) is 1.77. The van der Waals surface area contributed by atoms with Gasteiger partial charge in [0.25, 0.3) is 0 Å². The lowest BCUT2D eigenvalue weighted by molar-refractivity contribution is -0.133. The summed E-state index contributed by atoms with van der Waals surface area (Å²) in [6.45, 7) is 10.6. The molecule has 0 saturated carbocycles. The van der Waals surface area contributed by atoms with Crippen molar-refractivity contribution in [1.82, 2.24) is 15.5 Å². The van der Waals surface area contributed by atoms with E-state index in [1.165, 1.54) is 5.56 Å². The summed E-state index contributed by atoms with van der Waals surface area (Å²) in [6.07, 6.45) is 0.944. The topological polar surface area (TPSA) is 56.7 Å². The molecule has 152 valence electrons. The molecular formula is C20H32ClIN4O. The number of amides is 1. The molecule has 1 aliphatic heterocycles. The molecule has 1 saturated heterocycles. The SMILES string of the molecule is CN=C(NCC(C)(C)c1ccc(Cl)cc1)NC1CCN(C(=O)C(C)C)C1.I. The molecule has 1 unspecified atom stereocenters. The first-order valence-corrected chi connectivity index (χ1v) is 9.62. The van der Waals surface area contributed by atoms with Crippen molar-refractivity contribution in [3.05, 3.63) is 34.9 Å². The van der Waals surface area contributed by atoms with Crippen LogP contribution in [0.4, 0.5) is 0 Å². The molecule has 1 aromatic carbocycles. The zero-order valence-electron chi connectivity index (χ0n) is 16.9. The molecule has 1 aromatic rings. The van der Waals surface area contributed by atoms with Crippen LogP contribution in [0.15, 0.2) is 29.3 Å². The maximum absolute atomic E-state index is 12.1. The van der Waals surface area contributed by atoms with Crippen LogP contribution in [0.3, 0.4) is 0 Å². The van der Waals surface area contributed by atoms with Crippen LogP contribution < -0.4 is 10.6 Å². The summed E-state index contributed by atoms with van der Waals surface area (Å²) in [4.78, 5) is 18.4. The minimum Gasteiger partial charge on any atom is -0.356 e. The number of benzene rings is 1. The molecule has 0 spiro atoms. The third-order valence-electron chi connectivity index (χ3n) is 4.88. The lowest BCUT2D eigenvalue weighted by atomic mass is 9.85. The molecule has 27 heavy (non-hydrogen) atoms. The van der Waals surface area contributed by atoms with E-state index < -0.39 is 0 Å². The van der Waals surface area contributed by atoms with Crippen LogP contribution in [0, 0.1) is 5.92 Å². The minimum atomic E-state index is -0.0580. The molecule has 1 atom stereocenters. The van der Waals surface area contributed by atoms with Gasteiger partial charge < -0.3 is 15.5 Å². The normalized spacial score (nSPS) is 17.7. The Labute approximate surface area is 185 Å². The fraction of sp³-hybridized carbons (Fsp3) is 0.600. The Hall–Kier alpha value is -1.02. The van der Waals surface area contributed by atoms with E-state index in [1.54, 1.807) is 7.05 Å². The average molecular weight is 507 g/mol. The number of hydrogen-bond acceptors (Lipinski definition) is 2. The molecule has 0 aliphatic carbocycles. The predicted molar refractivity (Wildman–Crippen MR) is 124 cm³/mol. The van der Waals surface area contributed by atoms with E-state index in [1.807, 2.05) is 30.9 Å². The molecule has 7 heteroatoms. The van der Waals surface area contributed by atoms with Crippen LogP contribution in [0.25, 0.3) is 0 Å². The van der Waals surface area contributed by atoms with Gasteiger partial charge in [0.2, 0.25) is 5.91 Å². The van der Waals surface area contributed by atoms with Crippen LogP contribution in [0.2, 0.25) is 5.02 Å². The largest absolute Gasteiger partial charge is 0.356 e. The Bertz CT molecular complexity index is 646. The Kier molecular flexibility index (Phi) is 9.34. The molecule has 1 fully saturated rings. The van der Waals surface area contributed by atoms with E-state index in [4.69, 9.17) is 11.6 Å². The van der Waals surface area contributed by atoms with Crippen molar-refractivity contribution in [3.63, 3.8) is 0 Å². The maximum Gasteiger partial charge on any atom is 0.225 e. The second kappa shape index (κ2) is 10.5. The predicted octanol–water partition coefficient (Wildman–Crippen LogP) is 3.66. The van der Waals surface area contributed by atoms with Gasteiger partial charge in [0, 0.05) is 49.1 Å². The smallest absolute Gasteiger partial charge is 0.225 e. The second-order valence-electron chi connectivity index (χ2n) is 7.89. The van der Waals surface area contributed by atoms with Gasteiger partial charge >= 0.3 is 0 Å². The van der Waals surface area contributed by atoms with Crippen molar-refractivity contribution in [2.75, 3.05) is 26.7 Å². The van der Waals surface area contributed by atoms with Gasteiger partial charge in [-0.15, -0.1) is 24.0 Å². The van der Waals surface area contributed by atoms with Crippen LogP contribution in [0.5, 0.6) is 0 Å². The minimum absolute atomic E-state index is 0. The van der Waals surface area contributed by atoms with Crippen LogP contribution >= 0.6 is 35.6 Å². The Balaban J connectivity index is 0.00000364. The van der Waals surface area contributed by atoms with Crippen molar-refractivity contribution in [1.29, 1.82) is 0 Å². The monoisotopic (exact) mass is 506 g/mol. The molecule has 1 aliphatic rings.